The Balaban J connectivity index is 1.74. The second-order valence-electron chi connectivity index (χ2n) is 4.90. The minimum Gasteiger partial charge on any atom is -0.387 e. The summed E-state index contributed by atoms with van der Waals surface area (Å²) in [6.07, 6.45) is 1.06. The van der Waals surface area contributed by atoms with Gasteiger partial charge in [0.2, 0.25) is 0 Å². The summed E-state index contributed by atoms with van der Waals surface area (Å²) in [6, 6.07) is 0. The van der Waals surface area contributed by atoms with Gasteiger partial charge in [0, 0.05) is 0 Å². The van der Waals surface area contributed by atoms with Crippen LogP contribution in [0.15, 0.2) is 0 Å². The lowest BCUT2D eigenvalue weighted by Gasteiger charge is -2.22. The first-order valence-electron chi connectivity index (χ1n) is 5.26. The van der Waals surface area contributed by atoms with E-state index in [4.69, 9.17) is 14.2 Å². The van der Waals surface area contributed by atoms with Gasteiger partial charge in [-0.1, -0.05) is 0 Å². The van der Waals surface area contributed by atoms with Gasteiger partial charge < -0.3 is 19.3 Å². The average Bonchev–Trinajstić information content (AvgIpc) is 2.81. The zero-order chi connectivity index (χ0) is 9.92. The maximum Gasteiger partial charge on any atom is 0.190 e. The van der Waals surface area contributed by atoms with Gasteiger partial charge in [0.25, 0.3) is 0 Å². The first-order valence-corrected chi connectivity index (χ1v) is 5.26. The molecule has 3 rings (SSSR count). The van der Waals surface area contributed by atoms with Crippen molar-refractivity contribution < 1.29 is 19.3 Å². The van der Waals surface area contributed by atoms with E-state index in [1.165, 1.54) is 0 Å². The summed E-state index contributed by atoms with van der Waals surface area (Å²) in [4.78, 5) is 0. The molecule has 3 aliphatic rings. The van der Waals surface area contributed by atoms with Crippen molar-refractivity contribution in [1.82, 2.24) is 0 Å². The number of aliphatic hydroxyl groups is 1. The van der Waals surface area contributed by atoms with E-state index in [1.807, 2.05) is 13.8 Å². The van der Waals surface area contributed by atoms with Gasteiger partial charge in [-0.25, -0.2) is 0 Å². The molecule has 0 spiro atoms. The predicted molar refractivity (Wildman–Crippen MR) is 47.4 cm³/mol. The van der Waals surface area contributed by atoms with Crippen LogP contribution in [-0.2, 0) is 14.2 Å². The first-order chi connectivity index (χ1) is 6.57. The van der Waals surface area contributed by atoms with Crippen molar-refractivity contribution in [1.29, 1.82) is 0 Å². The molecule has 3 fully saturated rings. The molecule has 0 aromatic heterocycles. The molecule has 80 valence electrons. The van der Waals surface area contributed by atoms with Crippen LogP contribution in [0.3, 0.4) is 0 Å². The lowest BCUT2D eigenvalue weighted by atomic mass is 10.1. The molecule has 0 amide bonds. The molecule has 14 heavy (non-hydrogen) atoms. The van der Waals surface area contributed by atoms with Gasteiger partial charge >= 0.3 is 0 Å². The number of rotatable bonds is 1. The second-order valence-corrected chi connectivity index (χ2v) is 4.90. The van der Waals surface area contributed by atoms with Crippen LogP contribution >= 0.6 is 0 Å². The molecule has 0 unspecified atom stereocenters. The van der Waals surface area contributed by atoms with Gasteiger partial charge in [0.15, 0.2) is 12.1 Å². The molecule has 1 aliphatic carbocycles. The summed E-state index contributed by atoms with van der Waals surface area (Å²) in [5.74, 6) is -0.101. The predicted octanol–water partition coefficient (Wildman–Crippen LogP) is 0.634. The van der Waals surface area contributed by atoms with Gasteiger partial charge in [-0.2, -0.15) is 0 Å². The monoisotopic (exact) mass is 200 g/mol. The number of hydrogen-bond acceptors (Lipinski definition) is 4. The Labute approximate surface area is 83.1 Å². The molecule has 2 heterocycles. The third kappa shape index (κ3) is 1.29. The normalized spacial score (nSPS) is 50.8. The van der Waals surface area contributed by atoms with E-state index in [2.05, 4.69) is 0 Å². The van der Waals surface area contributed by atoms with E-state index in [1.54, 1.807) is 0 Å². The Morgan fingerprint density at radius 1 is 1.14 bits per heavy atom. The van der Waals surface area contributed by atoms with Crippen molar-refractivity contribution in [2.24, 2.45) is 5.92 Å². The van der Waals surface area contributed by atoms with Crippen molar-refractivity contribution in [2.75, 3.05) is 0 Å². The third-order valence-electron chi connectivity index (χ3n) is 3.14. The van der Waals surface area contributed by atoms with Crippen LogP contribution in [0.5, 0.6) is 0 Å². The molecule has 0 aromatic rings. The van der Waals surface area contributed by atoms with E-state index >= 15 is 0 Å². The molecule has 4 atom stereocenters. The molecular weight excluding hydrogens is 184 g/mol. The summed E-state index contributed by atoms with van der Waals surface area (Å²) in [6.45, 7) is 3.68. The molecule has 2 aliphatic heterocycles. The number of fused-ring (bicyclic) bond motifs is 1. The maximum absolute atomic E-state index is 9.97. The fourth-order valence-corrected chi connectivity index (χ4v) is 2.33. The third-order valence-corrected chi connectivity index (χ3v) is 3.14. The fourth-order valence-electron chi connectivity index (χ4n) is 2.33. The minimum absolute atomic E-state index is 0.0684. The van der Waals surface area contributed by atoms with Crippen molar-refractivity contribution in [2.45, 2.75) is 57.1 Å². The smallest absolute Gasteiger partial charge is 0.190 e. The molecule has 1 N–H and O–H groups in total. The molecule has 2 saturated heterocycles. The Bertz CT molecular complexity index is 247. The zero-order valence-electron chi connectivity index (χ0n) is 8.47. The maximum atomic E-state index is 9.97. The average molecular weight is 200 g/mol. The Morgan fingerprint density at radius 3 is 2.43 bits per heavy atom. The molecule has 4 nitrogen and oxygen atoms in total. The Kier molecular flexibility index (Phi) is 1.75. The standard InChI is InChI=1S/C10H16O4/c1-10(2)13-8-6(11)7(5-3-4-5)12-9(8)14-10/h5-9,11H,3-4H2,1-2H3/t6-,7-,8+,9+/m0/s1. The quantitative estimate of drug-likeness (QED) is 0.674. The highest BCUT2D eigenvalue weighted by molar-refractivity contribution is 4.98. The van der Waals surface area contributed by atoms with Crippen molar-refractivity contribution >= 4 is 0 Å². The van der Waals surface area contributed by atoms with E-state index in [0.717, 1.165) is 12.8 Å². The van der Waals surface area contributed by atoms with Gasteiger partial charge in [0.05, 0.1) is 6.10 Å². The molecular formula is C10H16O4. The van der Waals surface area contributed by atoms with E-state index < -0.39 is 11.9 Å². The van der Waals surface area contributed by atoms with Crippen molar-refractivity contribution in [3.8, 4) is 0 Å². The topological polar surface area (TPSA) is 47.9 Å². The van der Waals surface area contributed by atoms with Crippen LogP contribution < -0.4 is 0 Å². The first kappa shape index (κ1) is 9.09. The summed E-state index contributed by atoms with van der Waals surface area (Å²) in [5, 5.41) is 9.97. The van der Waals surface area contributed by atoms with Crippen LogP contribution in [0.2, 0.25) is 0 Å². The number of ether oxygens (including phenoxy) is 3. The highest BCUT2D eigenvalue weighted by atomic mass is 16.8. The van der Waals surface area contributed by atoms with Crippen LogP contribution in [0.25, 0.3) is 0 Å². The SMILES string of the molecule is CC1(C)O[C@H]2O[C@@H](C3CC3)[C@H](O)[C@H]2O1. The van der Waals surface area contributed by atoms with E-state index in [-0.39, 0.29) is 18.5 Å². The fraction of sp³-hybridized carbons (Fsp3) is 1.00. The lowest BCUT2D eigenvalue weighted by molar-refractivity contribution is -0.217. The highest BCUT2D eigenvalue weighted by Gasteiger charge is 2.57. The minimum atomic E-state index is -0.620. The highest BCUT2D eigenvalue weighted by Crippen LogP contribution is 2.45. The van der Waals surface area contributed by atoms with E-state index in [9.17, 15) is 5.11 Å². The lowest BCUT2D eigenvalue weighted by Crippen LogP contribution is -2.35. The van der Waals surface area contributed by atoms with Crippen molar-refractivity contribution in [3.63, 3.8) is 0 Å². The summed E-state index contributed by atoms with van der Waals surface area (Å²) in [5.41, 5.74) is 0. The molecule has 0 bridgehead atoms. The van der Waals surface area contributed by atoms with Crippen molar-refractivity contribution in [3.05, 3.63) is 0 Å². The van der Waals surface area contributed by atoms with Gasteiger partial charge in [0.1, 0.15) is 12.2 Å². The summed E-state index contributed by atoms with van der Waals surface area (Å²) < 4.78 is 16.8. The number of aliphatic hydroxyl groups excluding tert-OH is 1. The molecule has 0 aromatic carbocycles. The van der Waals surface area contributed by atoms with Crippen LogP contribution in [0.1, 0.15) is 26.7 Å². The van der Waals surface area contributed by atoms with Crippen LogP contribution in [0.4, 0.5) is 0 Å². The second kappa shape index (κ2) is 2.70. The van der Waals surface area contributed by atoms with Crippen LogP contribution in [-0.4, -0.2) is 35.5 Å². The van der Waals surface area contributed by atoms with E-state index in [0.29, 0.717) is 5.92 Å². The summed E-state index contributed by atoms with van der Waals surface area (Å²) >= 11 is 0. The molecule has 4 heteroatoms. The Morgan fingerprint density at radius 2 is 1.86 bits per heavy atom. The van der Waals surface area contributed by atoms with Gasteiger partial charge in [-0.3, -0.25) is 0 Å². The van der Waals surface area contributed by atoms with Gasteiger partial charge in [-0.15, -0.1) is 0 Å². The Hall–Kier alpha value is -0.160. The summed E-state index contributed by atoms with van der Waals surface area (Å²) in [7, 11) is 0. The zero-order valence-corrected chi connectivity index (χ0v) is 8.47. The largest absolute Gasteiger partial charge is 0.387 e. The van der Waals surface area contributed by atoms with Gasteiger partial charge in [-0.05, 0) is 32.6 Å². The molecule has 1 saturated carbocycles. The number of hydrogen-bond donors (Lipinski definition) is 1. The van der Waals surface area contributed by atoms with Crippen LogP contribution in [0, 0.1) is 5.92 Å². The molecule has 0 radical (unpaired) electrons.